The number of carbonyl (C=O) groups excluding carboxylic acids is 1. The molecule has 0 spiro atoms. The lowest BCUT2D eigenvalue weighted by atomic mass is 10.0. The van der Waals surface area contributed by atoms with E-state index in [1.807, 2.05) is 21.1 Å². The second kappa shape index (κ2) is 67.6. The van der Waals surface area contributed by atoms with E-state index in [9.17, 15) is 19.4 Å². The zero-order valence-corrected chi connectivity index (χ0v) is 58.6. The molecule has 0 heterocycles. The SMILES string of the molecule is CC/C=C\C/C=C\C/C=C\C/C=C\C/C=C\C/C=C\C/C=C\C/C=C\C/C=C\CCCCCCCCCCCCCC(=O)NC(COP(=O)(O)OCC[N+](C)(C)C)C(O)CCCCCCCCCCCCCCCCCCCCCCCCCCCC. The zero-order chi connectivity index (χ0) is 63.4. The normalized spacial score (nSPS) is 14.2. The van der Waals surface area contributed by atoms with Crippen LogP contribution in [0.2, 0.25) is 0 Å². The Bertz CT molecular complexity index is 1790. The van der Waals surface area contributed by atoms with Crippen LogP contribution < -0.4 is 5.32 Å². The van der Waals surface area contributed by atoms with Gasteiger partial charge in [-0.2, -0.15) is 0 Å². The van der Waals surface area contributed by atoms with Crippen molar-refractivity contribution in [1.29, 1.82) is 0 Å². The van der Waals surface area contributed by atoms with Gasteiger partial charge in [0.15, 0.2) is 0 Å². The van der Waals surface area contributed by atoms with Crippen molar-refractivity contribution in [2.75, 3.05) is 40.9 Å². The third kappa shape index (κ3) is 70.5. The second-order valence-electron chi connectivity index (χ2n) is 25.9. The van der Waals surface area contributed by atoms with Gasteiger partial charge in [0.05, 0.1) is 39.9 Å². The van der Waals surface area contributed by atoms with E-state index in [-0.39, 0.29) is 19.1 Å². The van der Waals surface area contributed by atoms with Crippen LogP contribution in [0.25, 0.3) is 0 Å². The molecule has 0 aromatic rings. The first-order chi connectivity index (χ1) is 42.5. The summed E-state index contributed by atoms with van der Waals surface area (Å²) in [5.74, 6) is -0.147. The van der Waals surface area contributed by atoms with Crippen molar-refractivity contribution in [3.8, 4) is 0 Å². The van der Waals surface area contributed by atoms with Crippen LogP contribution in [0.1, 0.15) is 328 Å². The number of aliphatic hydroxyl groups is 1. The molecule has 87 heavy (non-hydrogen) atoms. The lowest BCUT2D eigenvalue weighted by Crippen LogP contribution is -2.46. The number of allylic oxidation sites excluding steroid dienone is 18. The molecule has 9 heteroatoms. The van der Waals surface area contributed by atoms with Crippen LogP contribution in [0.3, 0.4) is 0 Å². The summed E-state index contributed by atoms with van der Waals surface area (Å²) in [6, 6.07) is -0.771. The first kappa shape index (κ1) is 84.2. The predicted molar refractivity (Wildman–Crippen MR) is 382 cm³/mol. The largest absolute Gasteiger partial charge is 0.472 e. The number of quaternary nitrogens is 1. The van der Waals surface area contributed by atoms with Gasteiger partial charge >= 0.3 is 7.82 Å². The molecule has 0 aliphatic heterocycles. The van der Waals surface area contributed by atoms with Crippen molar-refractivity contribution >= 4 is 13.7 Å². The third-order valence-corrected chi connectivity index (χ3v) is 17.3. The maximum atomic E-state index is 13.1. The van der Waals surface area contributed by atoms with Gasteiger partial charge in [0.2, 0.25) is 5.91 Å². The number of aliphatic hydroxyl groups excluding tert-OH is 1. The maximum absolute atomic E-state index is 13.1. The summed E-state index contributed by atoms with van der Waals surface area (Å²) in [5.41, 5.74) is 0. The van der Waals surface area contributed by atoms with Crippen LogP contribution in [-0.2, 0) is 18.4 Å². The summed E-state index contributed by atoms with van der Waals surface area (Å²) in [5, 5.41) is 14.2. The molecule has 0 aliphatic rings. The number of rotatable bonds is 67. The fraction of sp³-hybridized carbons (Fsp3) is 0.756. The minimum Gasteiger partial charge on any atom is -0.391 e. The number of phosphoric ester groups is 1. The highest BCUT2D eigenvalue weighted by Gasteiger charge is 2.28. The number of likely N-dealkylation sites (N-methyl/N-ethyl adjacent to an activating group) is 1. The molecule has 0 fully saturated rings. The van der Waals surface area contributed by atoms with E-state index in [2.05, 4.69) is 129 Å². The average molecular weight is 1230 g/mol. The lowest BCUT2D eigenvalue weighted by Gasteiger charge is -2.26. The lowest BCUT2D eigenvalue weighted by molar-refractivity contribution is -0.870. The van der Waals surface area contributed by atoms with Crippen LogP contribution >= 0.6 is 7.82 Å². The number of hydrogen-bond acceptors (Lipinski definition) is 5. The van der Waals surface area contributed by atoms with Gasteiger partial charge in [-0.25, -0.2) is 4.57 Å². The molecular formula is C78H142N2O6P+. The molecule has 0 radical (unpaired) electrons. The van der Waals surface area contributed by atoms with Crippen molar-refractivity contribution in [2.45, 2.75) is 341 Å². The zero-order valence-electron chi connectivity index (χ0n) is 57.7. The van der Waals surface area contributed by atoms with Crippen LogP contribution in [0.5, 0.6) is 0 Å². The molecule has 0 bridgehead atoms. The average Bonchev–Trinajstić information content (AvgIpc) is 3.69. The van der Waals surface area contributed by atoms with E-state index >= 15 is 0 Å². The minimum atomic E-state index is -4.34. The van der Waals surface area contributed by atoms with Crippen molar-refractivity contribution in [2.24, 2.45) is 0 Å². The molecule has 3 N–H and O–H groups in total. The minimum absolute atomic E-state index is 0.0707. The molecule has 3 unspecified atom stereocenters. The molecule has 0 saturated heterocycles. The van der Waals surface area contributed by atoms with Gasteiger partial charge in [-0.05, 0) is 83.5 Å². The van der Waals surface area contributed by atoms with Crippen molar-refractivity contribution < 1.29 is 32.9 Å². The molecule has 0 aromatic heterocycles. The molecule has 0 rings (SSSR count). The maximum Gasteiger partial charge on any atom is 0.472 e. The highest BCUT2D eigenvalue weighted by atomic mass is 31.2. The fourth-order valence-corrected chi connectivity index (χ4v) is 11.4. The summed E-state index contributed by atoms with van der Waals surface area (Å²) in [4.78, 5) is 23.5. The molecule has 504 valence electrons. The van der Waals surface area contributed by atoms with Crippen molar-refractivity contribution in [1.82, 2.24) is 5.32 Å². The van der Waals surface area contributed by atoms with Gasteiger partial charge in [0.25, 0.3) is 0 Å². The van der Waals surface area contributed by atoms with E-state index in [0.29, 0.717) is 23.9 Å². The first-order valence-corrected chi connectivity index (χ1v) is 38.2. The Hall–Kier alpha value is -2.84. The first-order valence-electron chi connectivity index (χ1n) is 36.8. The topological polar surface area (TPSA) is 105 Å². The van der Waals surface area contributed by atoms with Crippen LogP contribution in [0, 0.1) is 0 Å². The summed E-state index contributed by atoms with van der Waals surface area (Å²) >= 11 is 0. The Balaban J connectivity index is 4.06. The quantitative estimate of drug-likeness (QED) is 0.0243. The third-order valence-electron chi connectivity index (χ3n) is 16.3. The Morgan fingerprint density at radius 3 is 1.01 bits per heavy atom. The summed E-state index contributed by atoms with van der Waals surface area (Å²) < 4.78 is 23.9. The van der Waals surface area contributed by atoms with E-state index in [0.717, 1.165) is 96.3 Å². The summed E-state index contributed by atoms with van der Waals surface area (Å²) in [6.45, 7) is 4.80. The number of unbranched alkanes of at least 4 members (excludes halogenated alkanes) is 36. The Morgan fingerprint density at radius 2 is 0.690 bits per heavy atom. The second-order valence-corrected chi connectivity index (χ2v) is 27.4. The molecule has 1 amide bonds. The van der Waals surface area contributed by atoms with Gasteiger partial charge in [-0.15, -0.1) is 0 Å². The van der Waals surface area contributed by atoms with Gasteiger partial charge in [0.1, 0.15) is 13.2 Å². The number of hydrogen-bond donors (Lipinski definition) is 3. The van der Waals surface area contributed by atoms with Gasteiger partial charge < -0.3 is 19.8 Å². The number of nitrogens with one attached hydrogen (secondary N) is 1. The summed E-state index contributed by atoms with van der Waals surface area (Å²) in [6.07, 6.45) is 99.1. The van der Waals surface area contributed by atoms with E-state index in [1.165, 1.54) is 205 Å². The van der Waals surface area contributed by atoms with Gasteiger partial charge in [0, 0.05) is 6.42 Å². The number of amides is 1. The number of nitrogens with zero attached hydrogens (tertiary/aromatic N) is 1. The van der Waals surface area contributed by atoms with Crippen LogP contribution in [-0.4, -0.2) is 73.4 Å². The molecule has 0 aromatic carbocycles. The molecule has 0 aliphatic carbocycles. The van der Waals surface area contributed by atoms with Crippen molar-refractivity contribution in [3.05, 3.63) is 109 Å². The monoisotopic (exact) mass is 1230 g/mol. The predicted octanol–water partition coefficient (Wildman–Crippen LogP) is 23.8. The molecular weight excluding hydrogens is 1090 g/mol. The van der Waals surface area contributed by atoms with Gasteiger partial charge in [-0.3, -0.25) is 13.8 Å². The standard InChI is InChI=1S/C78H141N2O6P/c1-6-8-10-12-14-16-18-20-22-24-26-28-30-32-34-35-36-37-38-39-40-41-42-43-44-45-46-48-50-52-54-56-58-60-62-64-66-68-70-72-78(82)79-76(75-86-87(83,84)85-74-73-80(3,4)5)77(81)71-69-67-65-63-61-59-57-55-53-51-49-47-33-31-29-27-25-23-21-19-17-15-13-11-9-7-2/h8,10,14,16,20,22,26,28,32,34,36-37,39-40,42-43,45-46,76-77,81H,6-7,9,11-13,15,17-19,21,23-25,27,29-31,33,35,38,41,44,47-75H2,1-5H3,(H-,79,82,83,84)/p+1/b10-8-,16-14-,22-20-,28-26-,34-32-,37-36-,40-39-,43-42-,46-45-. The van der Waals surface area contributed by atoms with E-state index in [1.54, 1.807) is 0 Å². The number of carbonyl (C=O) groups is 1. The fourth-order valence-electron chi connectivity index (χ4n) is 10.6. The molecule has 3 atom stereocenters. The van der Waals surface area contributed by atoms with E-state index in [4.69, 9.17) is 9.05 Å². The Kier molecular flexibility index (Phi) is 65.3. The highest BCUT2D eigenvalue weighted by Crippen LogP contribution is 2.43. The van der Waals surface area contributed by atoms with Crippen molar-refractivity contribution in [3.63, 3.8) is 0 Å². The Morgan fingerprint density at radius 1 is 0.402 bits per heavy atom. The number of phosphoric acid groups is 1. The van der Waals surface area contributed by atoms with E-state index < -0.39 is 20.0 Å². The highest BCUT2D eigenvalue weighted by molar-refractivity contribution is 7.47. The van der Waals surface area contributed by atoms with Crippen LogP contribution in [0.4, 0.5) is 0 Å². The molecule has 8 nitrogen and oxygen atoms in total. The van der Waals surface area contributed by atoms with Gasteiger partial charge in [-0.1, -0.05) is 348 Å². The van der Waals surface area contributed by atoms with Crippen LogP contribution in [0.15, 0.2) is 109 Å². The smallest absolute Gasteiger partial charge is 0.391 e. The summed E-state index contributed by atoms with van der Waals surface area (Å²) in [7, 11) is 1.61. The Labute approximate surface area is 540 Å². The molecule has 0 saturated carbocycles.